The third-order valence-electron chi connectivity index (χ3n) is 7.41. The Hall–Kier alpha value is -3.90. The van der Waals surface area contributed by atoms with Gasteiger partial charge in [-0.25, -0.2) is 0 Å². The van der Waals surface area contributed by atoms with E-state index in [0.29, 0.717) is 44.9 Å². The molecular weight excluding hydrogens is 574 g/mol. The van der Waals surface area contributed by atoms with Gasteiger partial charge in [0.05, 0.1) is 19.0 Å². The van der Waals surface area contributed by atoms with Crippen molar-refractivity contribution in [1.82, 2.24) is 4.57 Å². The lowest BCUT2D eigenvalue weighted by Crippen LogP contribution is -2.16. The first kappa shape index (κ1) is 34.6. The fourth-order valence-corrected chi connectivity index (χ4v) is 5.10. The van der Waals surface area contributed by atoms with Crippen molar-refractivity contribution in [3.8, 4) is 5.75 Å². The molecular formula is C37H44ClNO5. The summed E-state index contributed by atoms with van der Waals surface area (Å²) >= 11 is 6.00. The number of fused-ring (bicyclic) bond motifs is 1. The number of unbranched alkanes of at least 4 members (excludes halogenated alkanes) is 5. The molecule has 0 amide bonds. The van der Waals surface area contributed by atoms with Gasteiger partial charge in [0.25, 0.3) is 5.91 Å². The summed E-state index contributed by atoms with van der Waals surface area (Å²) in [5.41, 5.74) is 2.30. The minimum Gasteiger partial charge on any atom is -0.497 e. The van der Waals surface area contributed by atoms with Gasteiger partial charge in [0.1, 0.15) is 5.75 Å². The van der Waals surface area contributed by atoms with E-state index in [1.165, 1.54) is 19.3 Å². The molecule has 3 aromatic rings. The molecule has 0 aliphatic carbocycles. The van der Waals surface area contributed by atoms with Crippen LogP contribution in [0.5, 0.6) is 5.75 Å². The van der Waals surface area contributed by atoms with Crippen LogP contribution in [0.3, 0.4) is 0 Å². The highest BCUT2D eigenvalue weighted by molar-refractivity contribution is 6.30. The molecule has 234 valence electrons. The number of hydrogen-bond donors (Lipinski definition) is 0. The van der Waals surface area contributed by atoms with Gasteiger partial charge >= 0.3 is 11.9 Å². The zero-order valence-electron chi connectivity index (χ0n) is 26.2. The lowest BCUT2D eigenvalue weighted by molar-refractivity contribution is -0.159. The van der Waals surface area contributed by atoms with Crippen molar-refractivity contribution in [2.45, 2.75) is 84.5 Å². The van der Waals surface area contributed by atoms with Gasteiger partial charge in [0.2, 0.25) is 0 Å². The van der Waals surface area contributed by atoms with E-state index in [-0.39, 0.29) is 18.7 Å². The summed E-state index contributed by atoms with van der Waals surface area (Å²) in [5, 5.41) is 1.22. The second-order valence-electron chi connectivity index (χ2n) is 10.7. The molecule has 1 heterocycles. The minimum absolute atomic E-state index is 0.146. The van der Waals surface area contributed by atoms with Gasteiger partial charge < -0.3 is 9.47 Å². The fraction of sp³-hybridized carbons (Fsp3) is 0.378. The highest BCUT2D eigenvalue weighted by Crippen LogP contribution is 2.31. The van der Waals surface area contributed by atoms with Crippen LogP contribution in [0.25, 0.3) is 10.9 Å². The van der Waals surface area contributed by atoms with Crippen molar-refractivity contribution >= 4 is 40.3 Å². The summed E-state index contributed by atoms with van der Waals surface area (Å²) in [4.78, 5) is 38.7. The lowest BCUT2D eigenvalue weighted by atomic mass is 10.1. The van der Waals surface area contributed by atoms with Crippen molar-refractivity contribution in [3.63, 3.8) is 0 Å². The molecule has 7 heteroatoms. The lowest BCUT2D eigenvalue weighted by Gasteiger charge is -2.08. The number of carbonyl (C=O) groups excluding carboxylic acids is 3. The average Bonchev–Trinajstić information content (AvgIpc) is 3.28. The first-order chi connectivity index (χ1) is 21.3. The van der Waals surface area contributed by atoms with Gasteiger partial charge in [-0.15, -0.1) is 0 Å². The summed E-state index contributed by atoms with van der Waals surface area (Å²) < 4.78 is 12.1. The maximum absolute atomic E-state index is 13.5. The van der Waals surface area contributed by atoms with Crippen LogP contribution in [0.15, 0.2) is 78.9 Å². The van der Waals surface area contributed by atoms with E-state index in [4.69, 9.17) is 21.1 Å². The van der Waals surface area contributed by atoms with E-state index in [0.717, 1.165) is 32.1 Å². The quantitative estimate of drug-likeness (QED) is 0.0652. The van der Waals surface area contributed by atoms with Gasteiger partial charge in [-0.2, -0.15) is 0 Å². The molecule has 0 unspecified atom stereocenters. The Labute approximate surface area is 266 Å². The number of methoxy groups -OCH3 is 1. The van der Waals surface area contributed by atoms with E-state index in [1.807, 2.05) is 0 Å². The van der Waals surface area contributed by atoms with Crippen molar-refractivity contribution in [3.05, 3.63) is 101 Å². The smallest absolute Gasteiger partial charge is 0.317 e. The SMILES string of the molecule is CCCCC/C=C\C/C=C\C/C=C\CCCCC(=O)OC(=O)Cc1c(C)n(C(=O)c2ccc(Cl)cc2)c2ccc(OC)cc12. The summed E-state index contributed by atoms with van der Waals surface area (Å²) in [6.45, 7) is 4.00. The van der Waals surface area contributed by atoms with Crippen LogP contribution in [-0.2, 0) is 20.7 Å². The monoisotopic (exact) mass is 617 g/mol. The first-order valence-corrected chi connectivity index (χ1v) is 15.9. The second-order valence-corrected chi connectivity index (χ2v) is 11.2. The van der Waals surface area contributed by atoms with Crippen molar-refractivity contribution < 1.29 is 23.9 Å². The summed E-state index contributed by atoms with van der Waals surface area (Å²) in [5.74, 6) is -0.850. The maximum Gasteiger partial charge on any atom is 0.317 e. The van der Waals surface area contributed by atoms with Gasteiger partial charge in [-0.1, -0.05) is 67.8 Å². The number of benzene rings is 2. The van der Waals surface area contributed by atoms with Crippen molar-refractivity contribution in [2.75, 3.05) is 7.11 Å². The standard InChI is InChI=1S/C37H44ClNO5/c1-4-5-6-7-8-9-10-11-12-13-14-15-16-17-18-19-35(40)44-36(41)27-32-28(2)39(34-25-24-31(43-3)26-33(32)34)37(42)29-20-22-30(38)23-21-29/h8-9,11-12,14-15,20-26H,4-7,10,13,16-19,27H2,1-3H3/b9-8-,12-11-,15-14-. The Morgan fingerprint density at radius 2 is 1.45 bits per heavy atom. The molecule has 3 rings (SSSR count). The number of ether oxygens (including phenoxy) is 2. The Kier molecular flexibility index (Phi) is 14.7. The van der Waals surface area contributed by atoms with E-state index in [9.17, 15) is 14.4 Å². The predicted molar refractivity (Wildman–Crippen MR) is 178 cm³/mol. The fourth-order valence-electron chi connectivity index (χ4n) is 4.98. The minimum atomic E-state index is -0.651. The number of esters is 2. The number of allylic oxidation sites excluding steroid dienone is 6. The molecule has 0 saturated heterocycles. The number of halogens is 1. The molecule has 0 bridgehead atoms. The molecule has 0 atom stereocenters. The summed E-state index contributed by atoms with van der Waals surface area (Å²) in [6, 6.07) is 12.0. The molecule has 0 aliphatic heterocycles. The van der Waals surface area contributed by atoms with Crippen LogP contribution in [0.2, 0.25) is 5.02 Å². The van der Waals surface area contributed by atoms with Gasteiger partial charge in [-0.3, -0.25) is 19.0 Å². The first-order valence-electron chi connectivity index (χ1n) is 15.5. The van der Waals surface area contributed by atoms with Crippen molar-refractivity contribution in [2.24, 2.45) is 0 Å². The number of carbonyl (C=O) groups is 3. The summed E-state index contributed by atoms with van der Waals surface area (Å²) in [6.07, 6.45) is 22.3. The van der Waals surface area contributed by atoms with Crippen LogP contribution >= 0.6 is 11.6 Å². The average molecular weight is 618 g/mol. The van der Waals surface area contributed by atoms with Crippen LogP contribution < -0.4 is 4.74 Å². The number of aromatic nitrogens is 1. The highest BCUT2D eigenvalue weighted by Gasteiger charge is 2.23. The number of hydrogen-bond acceptors (Lipinski definition) is 5. The number of rotatable bonds is 17. The molecule has 6 nitrogen and oxygen atoms in total. The summed E-state index contributed by atoms with van der Waals surface area (Å²) in [7, 11) is 1.55. The zero-order valence-corrected chi connectivity index (χ0v) is 26.9. The third-order valence-corrected chi connectivity index (χ3v) is 7.66. The Morgan fingerprint density at radius 3 is 2.09 bits per heavy atom. The third kappa shape index (κ3) is 10.7. The van der Waals surface area contributed by atoms with Crippen LogP contribution in [0.4, 0.5) is 0 Å². The molecule has 0 N–H and O–H groups in total. The molecule has 0 fully saturated rings. The maximum atomic E-state index is 13.5. The zero-order chi connectivity index (χ0) is 31.7. The van der Waals surface area contributed by atoms with Crippen LogP contribution in [0, 0.1) is 6.92 Å². The largest absolute Gasteiger partial charge is 0.497 e. The Morgan fingerprint density at radius 1 is 0.818 bits per heavy atom. The van der Waals surface area contributed by atoms with Gasteiger partial charge in [0.15, 0.2) is 0 Å². The number of nitrogens with zero attached hydrogens (tertiary/aromatic N) is 1. The predicted octanol–water partition coefficient (Wildman–Crippen LogP) is 9.50. The Balaban J connectivity index is 1.48. The molecule has 0 radical (unpaired) electrons. The van der Waals surface area contributed by atoms with Crippen LogP contribution in [0.1, 0.15) is 92.7 Å². The van der Waals surface area contributed by atoms with Crippen molar-refractivity contribution in [1.29, 1.82) is 0 Å². The van der Waals surface area contributed by atoms with Crippen LogP contribution in [-0.4, -0.2) is 29.5 Å². The van der Waals surface area contributed by atoms with E-state index in [2.05, 4.69) is 43.4 Å². The highest BCUT2D eigenvalue weighted by atomic mass is 35.5. The van der Waals surface area contributed by atoms with E-state index in [1.54, 1.807) is 61.1 Å². The molecule has 1 aromatic heterocycles. The molecule has 0 spiro atoms. The van der Waals surface area contributed by atoms with E-state index >= 15 is 0 Å². The molecule has 0 saturated carbocycles. The normalized spacial score (nSPS) is 11.7. The molecule has 0 aliphatic rings. The second kappa shape index (κ2) is 18.7. The molecule has 2 aromatic carbocycles. The molecule has 44 heavy (non-hydrogen) atoms. The van der Waals surface area contributed by atoms with E-state index < -0.39 is 11.9 Å². The Bertz CT molecular complexity index is 1480. The van der Waals surface area contributed by atoms with Gasteiger partial charge in [0, 0.05) is 28.1 Å². The van der Waals surface area contributed by atoms with Gasteiger partial charge in [-0.05, 0) is 99.9 Å². The topological polar surface area (TPSA) is 74.6 Å².